The number of aldehydes is 1. The Morgan fingerprint density at radius 2 is 1.84 bits per heavy atom. The van der Waals surface area contributed by atoms with Crippen molar-refractivity contribution < 1.29 is 9.90 Å². The number of hydrogen-bond donors (Lipinski definition) is 1. The largest absolute Gasteiger partial charge is 0.390 e. The van der Waals surface area contributed by atoms with Gasteiger partial charge in [-0.05, 0) is 49.9 Å². The van der Waals surface area contributed by atoms with Crippen LogP contribution in [0.25, 0.3) is 0 Å². The van der Waals surface area contributed by atoms with Crippen molar-refractivity contribution in [2.75, 3.05) is 0 Å². The highest BCUT2D eigenvalue weighted by molar-refractivity contribution is 5.61. The van der Waals surface area contributed by atoms with Gasteiger partial charge in [-0.3, -0.25) is 0 Å². The minimum Gasteiger partial charge on any atom is -0.390 e. The molecule has 1 rings (SSSR count). The summed E-state index contributed by atoms with van der Waals surface area (Å²) in [4.78, 5) is 11.4. The van der Waals surface area contributed by atoms with Crippen LogP contribution in [0.2, 0.25) is 0 Å². The van der Waals surface area contributed by atoms with E-state index in [-0.39, 0.29) is 10.8 Å². The predicted molar refractivity (Wildman–Crippen MR) is 80.1 cm³/mol. The average Bonchev–Trinajstić information content (AvgIpc) is 2.62. The van der Waals surface area contributed by atoms with Gasteiger partial charge in [0.15, 0.2) is 0 Å². The molecule has 1 saturated carbocycles. The zero-order chi connectivity index (χ0) is 14.7. The second kappa shape index (κ2) is 5.95. The normalized spacial score (nSPS) is 30.5. The summed E-state index contributed by atoms with van der Waals surface area (Å²) < 4.78 is 0. The maximum Gasteiger partial charge on any atom is 0.126 e. The number of rotatable bonds is 7. The van der Waals surface area contributed by atoms with Crippen LogP contribution in [0, 0.1) is 16.7 Å². The van der Waals surface area contributed by atoms with Gasteiger partial charge in [0, 0.05) is 5.41 Å². The smallest absolute Gasteiger partial charge is 0.126 e. The van der Waals surface area contributed by atoms with Crippen LogP contribution in [0.3, 0.4) is 0 Å². The lowest BCUT2D eigenvalue weighted by Crippen LogP contribution is -2.35. The Kier molecular flexibility index (Phi) is 5.22. The molecule has 19 heavy (non-hydrogen) atoms. The highest BCUT2D eigenvalue weighted by Crippen LogP contribution is 2.56. The monoisotopic (exact) mass is 268 g/mol. The lowest BCUT2D eigenvalue weighted by atomic mass is 9.65. The Morgan fingerprint density at radius 3 is 2.26 bits per heavy atom. The summed E-state index contributed by atoms with van der Waals surface area (Å²) in [5, 5.41) is 10.3. The van der Waals surface area contributed by atoms with Gasteiger partial charge in [-0.2, -0.15) is 0 Å². The Labute approximate surface area is 119 Å². The SMILES string of the molecule is CCC(O)(CC)CCCC1CCC(C)(C=O)C1(C)C. The van der Waals surface area contributed by atoms with Gasteiger partial charge >= 0.3 is 0 Å². The van der Waals surface area contributed by atoms with E-state index in [1.807, 2.05) is 0 Å². The molecule has 112 valence electrons. The lowest BCUT2D eigenvalue weighted by Gasteiger charge is -2.38. The van der Waals surface area contributed by atoms with Crippen LogP contribution in [0.5, 0.6) is 0 Å². The molecule has 0 amide bonds. The minimum atomic E-state index is -0.475. The quantitative estimate of drug-likeness (QED) is 0.697. The van der Waals surface area contributed by atoms with E-state index < -0.39 is 5.60 Å². The molecule has 0 aromatic rings. The van der Waals surface area contributed by atoms with Crippen LogP contribution in [0.4, 0.5) is 0 Å². The third kappa shape index (κ3) is 3.21. The van der Waals surface area contributed by atoms with Gasteiger partial charge in [0.25, 0.3) is 0 Å². The molecular formula is C17H32O2. The van der Waals surface area contributed by atoms with Crippen molar-refractivity contribution in [3.63, 3.8) is 0 Å². The van der Waals surface area contributed by atoms with E-state index in [0.29, 0.717) is 5.92 Å². The van der Waals surface area contributed by atoms with Crippen molar-refractivity contribution in [2.45, 2.75) is 85.2 Å². The van der Waals surface area contributed by atoms with Crippen molar-refractivity contribution in [3.05, 3.63) is 0 Å². The number of hydrogen-bond acceptors (Lipinski definition) is 2. The van der Waals surface area contributed by atoms with Gasteiger partial charge in [0.05, 0.1) is 5.60 Å². The molecule has 2 atom stereocenters. The van der Waals surface area contributed by atoms with E-state index in [1.54, 1.807) is 0 Å². The van der Waals surface area contributed by atoms with Crippen molar-refractivity contribution in [3.8, 4) is 0 Å². The molecule has 0 aromatic heterocycles. The fourth-order valence-corrected chi connectivity index (χ4v) is 3.62. The Morgan fingerprint density at radius 1 is 1.26 bits per heavy atom. The molecular weight excluding hydrogens is 236 g/mol. The van der Waals surface area contributed by atoms with Gasteiger partial charge in [-0.1, -0.05) is 41.0 Å². The molecule has 0 radical (unpaired) electrons. The second-order valence-corrected chi connectivity index (χ2v) is 7.32. The van der Waals surface area contributed by atoms with Crippen molar-refractivity contribution >= 4 is 6.29 Å². The molecule has 1 fully saturated rings. The molecule has 2 nitrogen and oxygen atoms in total. The molecule has 0 aliphatic heterocycles. The summed E-state index contributed by atoms with van der Waals surface area (Å²) >= 11 is 0. The van der Waals surface area contributed by atoms with E-state index in [9.17, 15) is 9.90 Å². The van der Waals surface area contributed by atoms with Crippen LogP contribution in [-0.2, 0) is 4.79 Å². The van der Waals surface area contributed by atoms with Crippen LogP contribution in [0.15, 0.2) is 0 Å². The van der Waals surface area contributed by atoms with E-state index >= 15 is 0 Å². The number of carbonyl (C=O) groups excluding carboxylic acids is 1. The zero-order valence-electron chi connectivity index (χ0n) is 13.5. The lowest BCUT2D eigenvalue weighted by molar-refractivity contribution is -0.120. The minimum absolute atomic E-state index is 0.0886. The second-order valence-electron chi connectivity index (χ2n) is 7.32. The molecule has 0 aromatic carbocycles. The summed E-state index contributed by atoms with van der Waals surface area (Å²) in [6.07, 6.45) is 8.11. The van der Waals surface area contributed by atoms with Crippen LogP contribution >= 0.6 is 0 Å². The van der Waals surface area contributed by atoms with E-state index in [1.165, 1.54) is 6.29 Å². The average molecular weight is 268 g/mol. The fraction of sp³-hybridized carbons (Fsp3) is 0.941. The maximum atomic E-state index is 11.4. The molecule has 0 saturated heterocycles. The topological polar surface area (TPSA) is 37.3 Å². The van der Waals surface area contributed by atoms with Gasteiger partial charge in [0.1, 0.15) is 6.29 Å². The number of carbonyl (C=O) groups is 1. The Bertz CT molecular complexity index is 304. The summed E-state index contributed by atoms with van der Waals surface area (Å²) in [6.45, 7) is 10.7. The van der Waals surface area contributed by atoms with Crippen LogP contribution < -0.4 is 0 Å². The first-order chi connectivity index (χ1) is 8.74. The summed E-state index contributed by atoms with van der Waals surface area (Å²) in [6, 6.07) is 0. The fourth-order valence-electron chi connectivity index (χ4n) is 3.62. The van der Waals surface area contributed by atoms with Crippen molar-refractivity contribution in [2.24, 2.45) is 16.7 Å². The predicted octanol–water partition coefficient (Wildman–Crippen LogP) is 4.35. The van der Waals surface area contributed by atoms with Crippen LogP contribution in [0.1, 0.15) is 79.6 Å². The maximum absolute atomic E-state index is 11.4. The molecule has 0 bridgehead atoms. The Hall–Kier alpha value is -0.370. The third-order valence-corrected chi connectivity index (χ3v) is 6.28. The molecule has 0 heterocycles. The molecule has 2 heteroatoms. The van der Waals surface area contributed by atoms with Gasteiger partial charge in [-0.15, -0.1) is 0 Å². The standard InChI is InChI=1S/C17H32O2/c1-6-17(19,7-2)11-8-9-14-10-12-16(5,13-18)15(14,3)4/h13-14,19H,6-12H2,1-5H3. The van der Waals surface area contributed by atoms with Gasteiger partial charge in [-0.25, -0.2) is 0 Å². The summed E-state index contributed by atoms with van der Waals surface area (Å²) in [5.74, 6) is 0.612. The van der Waals surface area contributed by atoms with Gasteiger partial charge < -0.3 is 9.90 Å². The zero-order valence-corrected chi connectivity index (χ0v) is 13.5. The molecule has 2 unspecified atom stereocenters. The third-order valence-electron chi connectivity index (χ3n) is 6.28. The van der Waals surface area contributed by atoms with E-state index in [4.69, 9.17) is 0 Å². The van der Waals surface area contributed by atoms with E-state index in [2.05, 4.69) is 34.6 Å². The molecule has 0 spiro atoms. The number of aliphatic hydroxyl groups is 1. The van der Waals surface area contributed by atoms with Crippen LogP contribution in [-0.4, -0.2) is 17.0 Å². The molecule has 1 aliphatic rings. The Balaban J connectivity index is 2.54. The summed E-state index contributed by atoms with van der Waals surface area (Å²) in [5.41, 5.74) is -0.550. The van der Waals surface area contributed by atoms with Crippen molar-refractivity contribution in [1.82, 2.24) is 0 Å². The molecule has 1 N–H and O–H groups in total. The first-order valence-electron chi connectivity index (χ1n) is 7.93. The highest BCUT2D eigenvalue weighted by atomic mass is 16.3. The molecule has 1 aliphatic carbocycles. The van der Waals surface area contributed by atoms with Gasteiger partial charge in [0.2, 0.25) is 0 Å². The first-order valence-corrected chi connectivity index (χ1v) is 7.93. The van der Waals surface area contributed by atoms with Crippen molar-refractivity contribution in [1.29, 1.82) is 0 Å². The van der Waals surface area contributed by atoms with E-state index in [0.717, 1.165) is 44.9 Å². The summed E-state index contributed by atoms with van der Waals surface area (Å²) in [7, 11) is 0. The highest BCUT2D eigenvalue weighted by Gasteiger charge is 2.50. The first kappa shape index (κ1) is 16.7.